The predicted octanol–water partition coefficient (Wildman–Crippen LogP) is 5.50. The Hall–Kier alpha value is -2.36. The van der Waals surface area contributed by atoms with Crippen molar-refractivity contribution < 1.29 is 18.9 Å². The van der Waals surface area contributed by atoms with Gasteiger partial charge >= 0.3 is 5.97 Å². The highest BCUT2D eigenvalue weighted by molar-refractivity contribution is 7.29. The molecule has 3 atom stereocenters. The van der Waals surface area contributed by atoms with Crippen molar-refractivity contribution in [1.29, 1.82) is 0 Å². The van der Waals surface area contributed by atoms with E-state index in [1.807, 2.05) is 18.4 Å². The Morgan fingerprint density at radius 1 is 1.08 bits per heavy atom. The lowest BCUT2D eigenvalue weighted by molar-refractivity contribution is -0.145. The zero-order valence-corrected chi connectivity index (χ0v) is 26.1. The summed E-state index contributed by atoms with van der Waals surface area (Å²) in [7, 11) is -0.0416. The molecule has 0 amide bonds. The molecule has 0 aromatic carbocycles. The molecule has 2 aromatic rings. The number of imidazole rings is 1. The van der Waals surface area contributed by atoms with E-state index in [0.717, 1.165) is 43.5 Å². The van der Waals surface area contributed by atoms with Crippen molar-refractivity contribution in [3.8, 4) is 0 Å². The van der Waals surface area contributed by atoms with Crippen LogP contribution >= 0.6 is 8.96 Å². The zero-order valence-electron chi connectivity index (χ0n) is 25.1. The molecule has 12 heteroatoms. The number of nitrogens with one attached hydrogen (secondary N) is 1. The van der Waals surface area contributed by atoms with Crippen molar-refractivity contribution in [3.05, 3.63) is 12.7 Å². The fourth-order valence-electron chi connectivity index (χ4n) is 3.66. The minimum absolute atomic E-state index is 0.0416. The molecular formula is C27H50N7O4P. The van der Waals surface area contributed by atoms with Crippen LogP contribution in [0.4, 0.5) is 5.82 Å². The van der Waals surface area contributed by atoms with E-state index in [1.165, 1.54) is 6.33 Å². The van der Waals surface area contributed by atoms with Gasteiger partial charge in [0, 0.05) is 6.61 Å². The topological polar surface area (TPSA) is 139 Å². The first-order valence-electron chi connectivity index (χ1n) is 14.0. The highest BCUT2D eigenvalue weighted by Crippen LogP contribution is 2.16. The summed E-state index contributed by atoms with van der Waals surface area (Å²) >= 11 is 0. The Morgan fingerprint density at radius 3 is 2.38 bits per heavy atom. The normalized spacial score (nSPS) is 13.0. The molecule has 11 nitrogen and oxygen atoms in total. The average molecular weight is 568 g/mol. The number of hydrogen-bond donors (Lipinski definition) is 2. The summed E-state index contributed by atoms with van der Waals surface area (Å²) in [5.41, 5.74) is 8.18. The van der Waals surface area contributed by atoms with Crippen LogP contribution in [0.25, 0.3) is 11.2 Å². The van der Waals surface area contributed by atoms with Crippen LogP contribution < -0.4 is 10.8 Å². The smallest absolute Gasteiger partial charge is 0.323 e. The number of anilines is 1. The van der Waals surface area contributed by atoms with Gasteiger partial charge in [-0.05, 0) is 51.9 Å². The van der Waals surface area contributed by atoms with Crippen molar-refractivity contribution >= 4 is 37.6 Å². The number of nitrogens with zero attached hydrogens (tertiary/aromatic N) is 5. The Kier molecular flexibility index (Phi) is 17.5. The molecule has 3 N–H and O–H groups in total. The number of nitrogens with two attached hydrogens (primary N) is 1. The van der Waals surface area contributed by atoms with E-state index in [9.17, 15) is 4.79 Å². The number of fused-ring (bicyclic) bond motifs is 1. The van der Waals surface area contributed by atoms with Crippen molar-refractivity contribution in [2.75, 3.05) is 18.9 Å². The number of hydrogen-bond acceptors (Lipinski definition) is 10. The van der Waals surface area contributed by atoms with Crippen LogP contribution in [0.5, 0.6) is 0 Å². The van der Waals surface area contributed by atoms with Gasteiger partial charge in [-0.3, -0.25) is 9.88 Å². The van der Waals surface area contributed by atoms with Crippen LogP contribution in [-0.4, -0.2) is 56.6 Å². The van der Waals surface area contributed by atoms with E-state index in [2.05, 4.69) is 59.8 Å². The van der Waals surface area contributed by atoms with Crippen LogP contribution in [0, 0.1) is 11.8 Å². The molecule has 0 radical (unpaired) electrons. The third-order valence-electron chi connectivity index (χ3n) is 5.46. The van der Waals surface area contributed by atoms with Gasteiger partial charge in [0.2, 0.25) is 0 Å². The van der Waals surface area contributed by atoms with E-state index in [4.69, 9.17) is 19.8 Å². The Bertz CT molecular complexity index is 972. The highest BCUT2D eigenvalue weighted by Gasteiger charge is 2.14. The number of carbonyl (C=O) groups excluding carboxylic acids is 1. The van der Waals surface area contributed by atoms with Crippen LogP contribution in [0.2, 0.25) is 0 Å². The van der Waals surface area contributed by atoms with Crippen molar-refractivity contribution in [3.63, 3.8) is 0 Å². The standard InChI is InChI=1S/C17H35N2O3P.C10H15N5O/c1-7-8-9-10-21-17(20)15(6)19-23-22-18-16(11-13(2)3)12-14(4)5;1-3-16-7(2)4-15-6-14-8-9(11)12-5-13-10(8)15/h13-15,19,23H,7-12H2,1-6H3;5-7H,3-4H2,1-2H3,(H2,11,12,13)/t15-;7-/m01/s1. The first-order chi connectivity index (χ1) is 18.6. The quantitative estimate of drug-likeness (QED) is 0.0833. The van der Waals surface area contributed by atoms with E-state index < -0.39 is 0 Å². The Morgan fingerprint density at radius 2 is 1.77 bits per heavy atom. The SMILES string of the molecule is CCCCCOC(=O)[C@H](C)NPON=C(CC(C)C)CC(C)C.CCO[C@H](C)Cn1cnc2c(N)ncnc21. The predicted molar refractivity (Wildman–Crippen MR) is 160 cm³/mol. The maximum absolute atomic E-state index is 11.8. The van der Waals surface area contributed by atoms with Gasteiger partial charge in [-0.2, -0.15) is 0 Å². The van der Waals surface area contributed by atoms with Gasteiger partial charge in [-0.15, -0.1) is 0 Å². The second-order valence-electron chi connectivity index (χ2n) is 10.4. The number of nitrogen functional groups attached to an aromatic ring is 1. The van der Waals surface area contributed by atoms with E-state index in [1.54, 1.807) is 13.3 Å². The zero-order chi connectivity index (χ0) is 29.2. The van der Waals surface area contributed by atoms with Gasteiger partial charge < -0.3 is 24.4 Å². The molecule has 0 saturated carbocycles. The molecule has 0 bridgehead atoms. The van der Waals surface area contributed by atoms with Gasteiger partial charge in [0.05, 0.1) is 31.3 Å². The van der Waals surface area contributed by atoms with E-state index >= 15 is 0 Å². The molecule has 2 rings (SSSR count). The molecule has 0 saturated heterocycles. The largest absolute Gasteiger partial charge is 0.465 e. The Labute approximate surface area is 236 Å². The molecule has 0 aliphatic carbocycles. The van der Waals surface area contributed by atoms with Crippen molar-refractivity contribution in [1.82, 2.24) is 24.6 Å². The van der Waals surface area contributed by atoms with Crippen LogP contribution in [-0.2, 0) is 25.4 Å². The summed E-state index contributed by atoms with van der Waals surface area (Å²) in [6.07, 6.45) is 8.29. The van der Waals surface area contributed by atoms with Crippen LogP contribution in [0.15, 0.2) is 17.8 Å². The summed E-state index contributed by atoms with van der Waals surface area (Å²) < 4.78 is 18.0. The van der Waals surface area contributed by atoms with Gasteiger partial charge in [0.15, 0.2) is 20.4 Å². The fourth-order valence-corrected chi connectivity index (χ4v) is 4.18. The number of unbranched alkanes of at least 4 members (excludes halogenated alkanes) is 2. The monoisotopic (exact) mass is 567 g/mol. The van der Waals surface area contributed by atoms with Crippen LogP contribution in [0.1, 0.15) is 87.5 Å². The average Bonchev–Trinajstić information content (AvgIpc) is 3.27. The minimum atomic E-state index is -0.371. The number of esters is 1. The molecule has 1 unspecified atom stereocenters. The molecule has 0 fully saturated rings. The summed E-state index contributed by atoms with van der Waals surface area (Å²) in [5, 5.41) is 7.25. The van der Waals surface area contributed by atoms with Crippen molar-refractivity contribution in [2.24, 2.45) is 17.0 Å². The molecular weight excluding hydrogens is 517 g/mol. The number of rotatable bonds is 17. The second-order valence-corrected chi connectivity index (χ2v) is 11.1. The lowest BCUT2D eigenvalue weighted by Gasteiger charge is -2.13. The molecule has 2 aromatic heterocycles. The first kappa shape index (κ1) is 34.7. The molecule has 0 spiro atoms. The van der Waals surface area contributed by atoms with Crippen molar-refractivity contribution in [2.45, 2.75) is 106 Å². The van der Waals surface area contributed by atoms with Gasteiger partial charge in [-0.25, -0.2) is 15.0 Å². The number of oxime groups is 1. The lowest BCUT2D eigenvalue weighted by atomic mass is 9.99. The minimum Gasteiger partial charge on any atom is -0.465 e. The molecule has 39 heavy (non-hydrogen) atoms. The second kappa shape index (κ2) is 19.7. The third kappa shape index (κ3) is 14.6. The maximum Gasteiger partial charge on any atom is 0.323 e. The number of ether oxygens (including phenoxy) is 2. The summed E-state index contributed by atoms with van der Waals surface area (Å²) in [4.78, 5) is 24.0. The summed E-state index contributed by atoms with van der Waals surface area (Å²) in [5.74, 6) is 1.30. The van der Waals surface area contributed by atoms with Crippen LogP contribution in [0.3, 0.4) is 0 Å². The Balaban J connectivity index is 0.000000412. The van der Waals surface area contributed by atoms with E-state index in [-0.39, 0.29) is 27.1 Å². The first-order valence-corrected chi connectivity index (χ1v) is 14.9. The van der Waals surface area contributed by atoms with Gasteiger partial charge in [0.25, 0.3) is 0 Å². The van der Waals surface area contributed by atoms with Gasteiger partial charge in [0.1, 0.15) is 17.9 Å². The molecule has 0 aliphatic heterocycles. The third-order valence-corrected chi connectivity index (χ3v) is 6.20. The van der Waals surface area contributed by atoms with Gasteiger partial charge in [-0.1, -0.05) is 52.6 Å². The maximum atomic E-state index is 11.8. The lowest BCUT2D eigenvalue weighted by Crippen LogP contribution is -2.30. The molecule has 0 aliphatic rings. The number of aromatic nitrogens is 4. The highest BCUT2D eigenvalue weighted by atomic mass is 31.1. The molecule has 222 valence electrons. The fraction of sp³-hybridized carbons (Fsp3) is 0.741. The summed E-state index contributed by atoms with van der Waals surface area (Å²) in [6.45, 7) is 18.5. The van der Waals surface area contributed by atoms with E-state index in [0.29, 0.717) is 42.9 Å². The summed E-state index contributed by atoms with van der Waals surface area (Å²) in [6, 6.07) is -0.371. The number of carbonyl (C=O) groups is 1. The molecule has 2 heterocycles.